The van der Waals surface area contributed by atoms with Gasteiger partial charge in [0.05, 0.1) is 16.8 Å². The summed E-state index contributed by atoms with van der Waals surface area (Å²) in [4.78, 5) is 36.7. The number of halogens is 2. The molecule has 2 heterocycles. The number of aryl methyl sites for hydroxylation is 1. The molecule has 1 amide bonds. The van der Waals surface area contributed by atoms with E-state index >= 15 is 0 Å². The number of hydrogen-bond donors (Lipinski definition) is 1. The molecule has 0 spiro atoms. The van der Waals surface area contributed by atoms with Crippen molar-refractivity contribution in [3.05, 3.63) is 68.5 Å². The lowest BCUT2D eigenvalue weighted by molar-refractivity contribution is -0.117. The van der Waals surface area contributed by atoms with Gasteiger partial charge >= 0.3 is 0 Å². The van der Waals surface area contributed by atoms with Crippen LogP contribution in [0.3, 0.4) is 0 Å². The van der Waals surface area contributed by atoms with Gasteiger partial charge in [0.25, 0.3) is 11.5 Å². The Morgan fingerprint density at radius 2 is 1.87 bits per heavy atom. The van der Waals surface area contributed by atoms with Crippen molar-refractivity contribution in [2.24, 2.45) is 7.05 Å². The molecule has 30 heavy (non-hydrogen) atoms. The average molecular weight is 416 g/mol. The fraction of sp³-hybridized carbons (Fsp3) is 0.333. The van der Waals surface area contributed by atoms with Gasteiger partial charge in [0.2, 0.25) is 11.5 Å². The molecule has 0 saturated carbocycles. The van der Waals surface area contributed by atoms with E-state index < -0.39 is 17.4 Å². The maximum Gasteiger partial charge on any atom is 0.275 e. The number of nitrogens with zero attached hydrogens (tertiary/aromatic N) is 3. The van der Waals surface area contributed by atoms with E-state index in [-0.39, 0.29) is 29.0 Å². The van der Waals surface area contributed by atoms with Crippen LogP contribution in [-0.2, 0) is 24.3 Å². The number of amides is 1. The van der Waals surface area contributed by atoms with E-state index in [0.717, 1.165) is 11.6 Å². The lowest BCUT2D eigenvalue weighted by Crippen LogP contribution is -2.31. The molecule has 0 unspecified atom stereocenters. The first-order chi connectivity index (χ1) is 14.0. The molecule has 158 valence electrons. The van der Waals surface area contributed by atoms with Gasteiger partial charge in [-0.05, 0) is 24.1 Å². The number of rotatable bonds is 5. The summed E-state index contributed by atoms with van der Waals surface area (Å²) in [5.41, 5.74) is -0.126. The smallest absolute Gasteiger partial charge is 0.275 e. The van der Waals surface area contributed by atoms with Gasteiger partial charge in [0, 0.05) is 37.2 Å². The van der Waals surface area contributed by atoms with E-state index in [2.05, 4.69) is 10.4 Å². The highest BCUT2D eigenvalue weighted by molar-refractivity contribution is 5.91. The van der Waals surface area contributed by atoms with Crippen LogP contribution >= 0.6 is 0 Å². The number of anilines is 1. The number of benzene rings is 1. The standard InChI is InChI=1S/C21H22F2N4O3/c1-12(2)19-16-9-13(21(3,22)23)5-7-15(16)20(30)27(25-19)11-17(28)24-14-6-8-18(29)26(4)10-14/h5-10,12H,11H2,1-4H3,(H,24,28). The third-order valence-corrected chi connectivity index (χ3v) is 4.71. The zero-order chi connectivity index (χ0) is 22.2. The summed E-state index contributed by atoms with van der Waals surface area (Å²) in [5, 5.41) is 7.46. The monoisotopic (exact) mass is 416 g/mol. The van der Waals surface area contributed by atoms with E-state index in [1.165, 1.54) is 41.1 Å². The summed E-state index contributed by atoms with van der Waals surface area (Å²) in [7, 11) is 1.55. The van der Waals surface area contributed by atoms with Crippen molar-refractivity contribution in [2.75, 3.05) is 5.32 Å². The van der Waals surface area contributed by atoms with Gasteiger partial charge in [-0.1, -0.05) is 19.9 Å². The van der Waals surface area contributed by atoms with Gasteiger partial charge in [-0.25, -0.2) is 13.5 Å². The quantitative estimate of drug-likeness (QED) is 0.693. The first-order valence-corrected chi connectivity index (χ1v) is 9.37. The topological polar surface area (TPSA) is 86.0 Å². The maximum atomic E-state index is 13.7. The predicted octanol–water partition coefficient (Wildman–Crippen LogP) is 2.97. The third-order valence-electron chi connectivity index (χ3n) is 4.71. The molecule has 0 radical (unpaired) electrons. The molecule has 1 aromatic carbocycles. The second-order valence-electron chi connectivity index (χ2n) is 7.57. The van der Waals surface area contributed by atoms with E-state index in [9.17, 15) is 23.2 Å². The fourth-order valence-electron chi connectivity index (χ4n) is 3.12. The van der Waals surface area contributed by atoms with Gasteiger partial charge in [0.15, 0.2) is 0 Å². The van der Waals surface area contributed by atoms with Crippen LogP contribution < -0.4 is 16.4 Å². The van der Waals surface area contributed by atoms with Crippen LogP contribution in [-0.4, -0.2) is 20.3 Å². The van der Waals surface area contributed by atoms with Gasteiger partial charge in [0.1, 0.15) is 6.54 Å². The Balaban J connectivity index is 2.00. The van der Waals surface area contributed by atoms with Crippen molar-refractivity contribution in [2.45, 2.75) is 39.2 Å². The Bertz CT molecular complexity index is 1240. The third kappa shape index (κ3) is 4.29. The summed E-state index contributed by atoms with van der Waals surface area (Å²) in [6, 6.07) is 6.62. The fourth-order valence-corrected chi connectivity index (χ4v) is 3.12. The Morgan fingerprint density at radius 3 is 2.47 bits per heavy atom. The van der Waals surface area contributed by atoms with Crippen molar-refractivity contribution < 1.29 is 13.6 Å². The van der Waals surface area contributed by atoms with E-state index in [0.29, 0.717) is 16.8 Å². The minimum atomic E-state index is -3.05. The van der Waals surface area contributed by atoms with Crippen LogP contribution in [0.25, 0.3) is 10.8 Å². The molecule has 0 fully saturated rings. The zero-order valence-corrected chi connectivity index (χ0v) is 17.1. The second-order valence-corrected chi connectivity index (χ2v) is 7.57. The van der Waals surface area contributed by atoms with Crippen LogP contribution in [0.1, 0.15) is 37.9 Å². The number of nitrogens with one attached hydrogen (secondary N) is 1. The average Bonchev–Trinajstić information content (AvgIpc) is 2.65. The summed E-state index contributed by atoms with van der Waals surface area (Å²) < 4.78 is 29.8. The van der Waals surface area contributed by atoms with Gasteiger partial charge in [-0.3, -0.25) is 14.4 Å². The van der Waals surface area contributed by atoms with Crippen LogP contribution in [0.15, 0.2) is 46.1 Å². The number of aromatic nitrogens is 3. The number of hydrogen-bond acceptors (Lipinski definition) is 4. The molecule has 0 saturated heterocycles. The van der Waals surface area contributed by atoms with Crippen molar-refractivity contribution in [1.82, 2.24) is 14.3 Å². The van der Waals surface area contributed by atoms with Crippen LogP contribution in [0.2, 0.25) is 0 Å². The molecule has 2 aromatic heterocycles. The molecule has 0 aliphatic rings. The summed E-state index contributed by atoms with van der Waals surface area (Å²) >= 11 is 0. The molecule has 1 N–H and O–H groups in total. The summed E-state index contributed by atoms with van der Waals surface area (Å²) in [6.45, 7) is 4.10. The normalized spacial score (nSPS) is 11.8. The largest absolute Gasteiger partial charge is 0.323 e. The van der Waals surface area contributed by atoms with E-state index in [1.54, 1.807) is 7.05 Å². The number of pyridine rings is 1. The first kappa shape index (κ1) is 21.4. The van der Waals surface area contributed by atoms with Crippen LogP contribution in [0.4, 0.5) is 14.5 Å². The Labute approximate surface area is 171 Å². The van der Waals surface area contributed by atoms with Crippen LogP contribution in [0.5, 0.6) is 0 Å². The second kappa shape index (κ2) is 7.81. The molecule has 0 bridgehead atoms. The molecule has 0 aliphatic carbocycles. The first-order valence-electron chi connectivity index (χ1n) is 9.37. The zero-order valence-electron chi connectivity index (χ0n) is 17.1. The lowest BCUT2D eigenvalue weighted by atomic mass is 9.99. The minimum absolute atomic E-state index is 0.160. The summed E-state index contributed by atoms with van der Waals surface area (Å²) in [5.74, 6) is -3.71. The number of fused-ring (bicyclic) bond motifs is 1. The minimum Gasteiger partial charge on any atom is -0.323 e. The van der Waals surface area contributed by atoms with E-state index in [1.807, 2.05) is 13.8 Å². The lowest BCUT2D eigenvalue weighted by Gasteiger charge is -2.16. The molecule has 0 aliphatic heterocycles. The van der Waals surface area contributed by atoms with Crippen molar-refractivity contribution in [3.8, 4) is 0 Å². The molecule has 3 rings (SSSR count). The Kier molecular flexibility index (Phi) is 5.56. The van der Waals surface area contributed by atoms with Gasteiger partial charge in [-0.15, -0.1) is 0 Å². The van der Waals surface area contributed by atoms with Gasteiger partial charge < -0.3 is 9.88 Å². The Hall–Kier alpha value is -3.36. The molecular formula is C21H22F2N4O3. The molecule has 9 heteroatoms. The molecule has 7 nitrogen and oxygen atoms in total. The predicted molar refractivity (Wildman–Crippen MR) is 110 cm³/mol. The highest BCUT2D eigenvalue weighted by atomic mass is 19.3. The molecular weight excluding hydrogens is 394 g/mol. The van der Waals surface area contributed by atoms with Crippen molar-refractivity contribution >= 4 is 22.4 Å². The molecule has 0 atom stereocenters. The van der Waals surface area contributed by atoms with Crippen molar-refractivity contribution in [1.29, 1.82) is 0 Å². The molecule has 3 aromatic rings. The number of alkyl halides is 2. The highest BCUT2D eigenvalue weighted by Crippen LogP contribution is 2.31. The number of carbonyl (C=O) groups is 1. The van der Waals surface area contributed by atoms with Crippen molar-refractivity contribution in [3.63, 3.8) is 0 Å². The van der Waals surface area contributed by atoms with E-state index in [4.69, 9.17) is 0 Å². The highest BCUT2D eigenvalue weighted by Gasteiger charge is 2.26. The summed E-state index contributed by atoms with van der Waals surface area (Å²) in [6.07, 6.45) is 1.46. The van der Waals surface area contributed by atoms with Gasteiger partial charge in [-0.2, -0.15) is 5.10 Å². The van der Waals surface area contributed by atoms with Crippen LogP contribution in [0, 0.1) is 0 Å². The Morgan fingerprint density at radius 1 is 1.17 bits per heavy atom. The maximum absolute atomic E-state index is 13.7. The SMILES string of the molecule is CC(C)c1nn(CC(=O)Nc2ccc(=O)n(C)c2)c(=O)c2ccc(C(C)(F)F)cc12. The number of carbonyl (C=O) groups excluding carboxylic acids is 1.